The zero-order chi connectivity index (χ0) is 15.2. The van der Waals surface area contributed by atoms with E-state index in [0.29, 0.717) is 12.1 Å². The number of para-hydroxylation sites is 1. The first-order valence-electron chi connectivity index (χ1n) is 6.45. The van der Waals surface area contributed by atoms with Crippen molar-refractivity contribution in [1.29, 1.82) is 0 Å². The number of hydrogen-bond acceptors (Lipinski definition) is 4. The van der Waals surface area contributed by atoms with Gasteiger partial charge in [-0.2, -0.15) is 8.78 Å². The molecule has 5 nitrogen and oxygen atoms in total. The molecule has 2 rings (SSSR count). The van der Waals surface area contributed by atoms with E-state index in [2.05, 4.69) is 20.0 Å². The molecule has 1 aromatic heterocycles. The van der Waals surface area contributed by atoms with Crippen LogP contribution in [0.4, 0.5) is 8.78 Å². The lowest BCUT2D eigenvalue weighted by molar-refractivity contribution is -0.0518. The topological polar surface area (TPSA) is 59.2 Å². The lowest BCUT2D eigenvalue weighted by atomic mass is 10.1. The largest absolute Gasteiger partial charge is 0.493 e. The number of ether oxygens (including phenoxy) is 2. The van der Waals surface area contributed by atoms with Crippen molar-refractivity contribution >= 4 is 0 Å². The Bertz CT molecular complexity index is 561. The second-order valence-corrected chi connectivity index (χ2v) is 4.40. The van der Waals surface area contributed by atoms with Gasteiger partial charge in [-0.05, 0) is 13.0 Å². The Morgan fingerprint density at radius 2 is 2.19 bits per heavy atom. The fourth-order valence-corrected chi connectivity index (χ4v) is 1.96. The third-order valence-electron chi connectivity index (χ3n) is 3.02. The van der Waals surface area contributed by atoms with Crippen LogP contribution in [0.3, 0.4) is 0 Å². The highest BCUT2D eigenvalue weighted by Crippen LogP contribution is 2.32. The summed E-state index contributed by atoms with van der Waals surface area (Å²) in [5.41, 5.74) is 0.591. The van der Waals surface area contributed by atoms with Crippen LogP contribution in [0.2, 0.25) is 0 Å². The van der Waals surface area contributed by atoms with Gasteiger partial charge in [0.2, 0.25) is 0 Å². The molecule has 0 spiro atoms. The molecule has 1 heterocycles. The molecule has 1 unspecified atom stereocenters. The molecular formula is C14H17F2N3O2. The molecule has 0 amide bonds. The van der Waals surface area contributed by atoms with Gasteiger partial charge in [0, 0.05) is 24.5 Å². The molecule has 21 heavy (non-hydrogen) atoms. The predicted octanol–water partition coefficient (Wildman–Crippen LogP) is 2.87. The number of nitrogens with zero attached hydrogens (tertiary/aromatic N) is 1. The van der Waals surface area contributed by atoms with E-state index < -0.39 is 6.61 Å². The average molecular weight is 297 g/mol. The molecule has 1 atom stereocenters. The number of rotatable bonds is 7. The Balaban J connectivity index is 2.11. The molecule has 1 aromatic carbocycles. The van der Waals surface area contributed by atoms with Gasteiger partial charge in [-0.1, -0.05) is 12.1 Å². The molecule has 0 saturated carbocycles. The third kappa shape index (κ3) is 3.91. The van der Waals surface area contributed by atoms with E-state index in [9.17, 15) is 8.78 Å². The van der Waals surface area contributed by atoms with Crippen molar-refractivity contribution in [2.45, 2.75) is 26.1 Å². The zero-order valence-electron chi connectivity index (χ0n) is 11.8. The number of alkyl halides is 2. The maximum Gasteiger partial charge on any atom is 0.387 e. The summed E-state index contributed by atoms with van der Waals surface area (Å²) < 4.78 is 34.7. The van der Waals surface area contributed by atoms with Crippen LogP contribution in [0.25, 0.3) is 0 Å². The van der Waals surface area contributed by atoms with E-state index in [1.807, 2.05) is 6.92 Å². The van der Waals surface area contributed by atoms with Crippen LogP contribution in [0, 0.1) is 0 Å². The van der Waals surface area contributed by atoms with E-state index >= 15 is 0 Å². The van der Waals surface area contributed by atoms with Crippen molar-refractivity contribution in [1.82, 2.24) is 15.3 Å². The van der Waals surface area contributed by atoms with Gasteiger partial charge in [-0.3, -0.25) is 0 Å². The highest BCUT2D eigenvalue weighted by Gasteiger charge is 2.16. The number of aromatic nitrogens is 2. The molecule has 0 aliphatic carbocycles. The summed E-state index contributed by atoms with van der Waals surface area (Å²) in [6.07, 6.45) is 3.38. The smallest absolute Gasteiger partial charge is 0.387 e. The number of hydrogen-bond donors (Lipinski definition) is 2. The molecule has 114 valence electrons. The highest BCUT2D eigenvalue weighted by atomic mass is 19.3. The third-order valence-corrected chi connectivity index (χ3v) is 3.02. The summed E-state index contributed by atoms with van der Waals surface area (Å²) >= 11 is 0. The minimum atomic E-state index is -2.90. The summed E-state index contributed by atoms with van der Waals surface area (Å²) in [7, 11) is 1.41. The standard InChI is InChI=1S/C14H17F2N3O2/c1-9(13-17-6-7-18-13)19-8-10-4-3-5-11(20-2)12(10)21-14(15)16/h3-7,9,14,19H,8H2,1-2H3,(H,17,18). The summed E-state index contributed by atoms with van der Waals surface area (Å²) in [4.78, 5) is 7.13. The quantitative estimate of drug-likeness (QED) is 0.825. The Kier molecular flexibility index (Phi) is 5.10. The second kappa shape index (κ2) is 7.03. The van der Waals surface area contributed by atoms with Gasteiger partial charge in [0.05, 0.1) is 13.2 Å². The van der Waals surface area contributed by atoms with E-state index in [1.165, 1.54) is 7.11 Å². The van der Waals surface area contributed by atoms with Gasteiger partial charge in [0.15, 0.2) is 11.5 Å². The molecule has 0 saturated heterocycles. The fraction of sp³-hybridized carbons (Fsp3) is 0.357. The van der Waals surface area contributed by atoms with Crippen molar-refractivity contribution in [3.63, 3.8) is 0 Å². The van der Waals surface area contributed by atoms with E-state index in [-0.39, 0.29) is 17.5 Å². The molecule has 0 aliphatic heterocycles. The molecule has 7 heteroatoms. The number of imidazole rings is 1. The number of benzene rings is 1. The molecule has 0 radical (unpaired) electrons. The van der Waals surface area contributed by atoms with Crippen LogP contribution in [0.15, 0.2) is 30.6 Å². The first-order chi connectivity index (χ1) is 10.1. The number of halogens is 2. The van der Waals surface area contributed by atoms with E-state index in [1.54, 1.807) is 30.6 Å². The molecular weight excluding hydrogens is 280 g/mol. The van der Waals surface area contributed by atoms with Crippen LogP contribution < -0.4 is 14.8 Å². The monoisotopic (exact) mass is 297 g/mol. The van der Waals surface area contributed by atoms with Crippen molar-refractivity contribution < 1.29 is 18.3 Å². The van der Waals surface area contributed by atoms with Gasteiger partial charge in [0.1, 0.15) is 5.82 Å². The molecule has 0 fully saturated rings. The molecule has 0 bridgehead atoms. The number of H-pyrrole nitrogens is 1. The average Bonchev–Trinajstić information content (AvgIpc) is 2.99. The van der Waals surface area contributed by atoms with E-state index in [4.69, 9.17) is 4.74 Å². The summed E-state index contributed by atoms with van der Waals surface area (Å²) in [5.74, 6) is 1.10. The Labute approximate surface area is 121 Å². The lowest BCUT2D eigenvalue weighted by Crippen LogP contribution is -2.20. The van der Waals surface area contributed by atoms with Crippen LogP contribution in [0.1, 0.15) is 24.4 Å². The lowest BCUT2D eigenvalue weighted by Gasteiger charge is -2.16. The number of methoxy groups -OCH3 is 1. The number of nitrogens with one attached hydrogen (secondary N) is 2. The Morgan fingerprint density at radius 1 is 1.38 bits per heavy atom. The maximum absolute atomic E-state index is 12.5. The van der Waals surface area contributed by atoms with Crippen molar-refractivity contribution in [2.24, 2.45) is 0 Å². The summed E-state index contributed by atoms with van der Waals surface area (Å²) in [5, 5.41) is 3.19. The summed E-state index contributed by atoms with van der Waals surface area (Å²) in [6.45, 7) is -0.629. The Morgan fingerprint density at radius 3 is 2.81 bits per heavy atom. The highest BCUT2D eigenvalue weighted by molar-refractivity contribution is 5.46. The van der Waals surface area contributed by atoms with Gasteiger partial charge in [-0.15, -0.1) is 0 Å². The van der Waals surface area contributed by atoms with Crippen molar-refractivity contribution in [3.05, 3.63) is 42.0 Å². The fourth-order valence-electron chi connectivity index (χ4n) is 1.96. The first-order valence-corrected chi connectivity index (χ1v) is 6.45. The maximum atomic E-state index is 12.5. The van der Waals surface area contributed by atoms with Crippen molar-refractivity contribution in [2.75, 3.05) is 7.11 Å². The minimum Gasteiger partial charge on any atom is -0.493 e. The van der Waals surface area contributed by atoms with Gasteiger partial charge < -0.3 is 19.8 Å². The predicted molar refractivity (Wildman–Crippen MR) is 73.5 cm³/mol. The molecule has 2 N–H and O–H groups in total. The Hall–Kier alpha value is -2.15. The first kappa shape index (κ1) is 15.2. The van der Waals surface area contributed by atoms with Gasteiger partial charge in [0.25, 0.3) is 0 Å². The minimum absolute atomic E-state index is 0.0501. The van der Waals surface area contributed by atoms with Crippen LogP contribution in [-0.4, -0.2) is 23.7 Å². The van der Waals surface area contributed by atoms with Crippen LogP contribution in [-0.2, 0) is 6.54 Å². The molecule has 2 aromatic rings. The molecule has 0 aliphatic rings. The summed E-state index contributed by atoms with van der Waals surface area (Å²) in [6, 6.07) is 4.97. The zero-order valence-corrected chi connectivity index (χ0v) is 11.8. The van der Waals surface area contributed by atoms with E-state index in [0.717, 1.165) is 5.82 Å². The van der Waals surface area contributed by atoms with Gasteiger partial charge in [-0.25, -0.2) is 4.98 Å². The normalized spacial score (nSPS) is 12.4. The van der Waals surface area contributed by atoms with Crippen LogP contribution >= 0.6 is 0 Å². The number of aromatic amines is 1. The van der Waals surface area contributed by atoms with Crippen LogP contribution in [0.5, 0.6) is 11.5 Å². The van der Waals surface area contributed by atoms with Gasteiger partial charge >= 0.3 is 6.61 Å². The van der Waals surface area contributed by atoms with Crippen molar-refractivity contribution in [3.8, 4) is 11.5 Å². The SMILES string of the molecule is COc1cccc(CNC(C)c2ncc[nH]2)c1OC(F)F. The second-order valence-electron chi connectivity index (χ2n) is 4.40.